The predicted molar refractivity (Wildman–Crippen MR) is 95.4 cm³/mol. The fraction of sp³-hybridized carbons (Fsp3) is 0.222. The van der Waals surface area contributed by atoms with Crippen LogP contribution in [-0.2, 0) is 6.42 Å². The summed E-state index contributed by atoms with van der Waals surface area (Å²) in [5.41, 5.74) is 9.05. The molecular formula is C18H19NS2. The smallest absolute Gasteiger partial charge is 0.0345 e. The van der Waals surface area contributed by atoms with Crippen molar-refractivity contribution >= 4 is 33.2 Å². The first-order valence-corrected chi connectivity index (χ1v) is 8.99. The van der Waals surface area contributed by atoms with Crippen molar-refractivity contribution in [3.8, 4) is 0 Å². The highest BCUT2D eigenvalue weighted by Crippen LogP contribution is 2.28. The van der Waals surface area contributed by atoms with Crippen LogP contribution in [-0.4, -0.2) is 11.8 Å². The largest absolute Gasteiger partial charge is 0.327 e. The minimum Gasteiger partial charge on any atom is -0.327 e. The molecular weight excluding hydrogens is 294 g/mol. The Balaban J connectivity index is 1.64. The Bertz CT molecular complexity index is 733. The first-order chi connectivity index (χ1) is 10.2. The average Bonchev–Trinajstić information content (AvgIpc) is 2.90. The number of thiophene rings is 1. The van der Waals surface area contributed by atoms with E-state index in [4.69, 9.17) is 5.73 Å². The Labute approximate surface area is 134 Å². The molecule has 0 spiro atoms. The predicted octanol–water partition coefficient (Wildman–Crippen LogP) is 4.87. The van der Waals surface area contributed by atoms with Crippen LogP contribution in [0.15, 0.2) is 58.8 Å². The summed E-state index contributed by atoms with van der Waals surface area (Å²) in [6.07, 6.45) is 0.947. The Morgan fingerprint density at radius 3 is 2.71 bits per heavy atom. The van der Waals surface area contributed by atoms with Crippen LogP contribution in [0.4, 0.5) is 0 Å². The van der Waals surface area contributed by atoms with Gasteiger partial charge in [0.05, 0.1) is 0 Å². The summed E-state index contributed by atoms with van der Waals surface area (Å²) >= 11 is 3.67. The number of fused-ring (bicyclic) bond motifs is 1. The second-order valence-electron chi connectivity index (χ2n) is 5.30. The van der Waals surface area contributed by atoms with Crippen LogP contribution in [0.1, 0.15) is 11.1 Å². The Kier molecular flexibility index (Phi) is 4.63. The molecule has 2 N–H and O–H groups in total. The molecule has 0 amide bonds. The van der Waals surface area contributed by atoms with Gasteiger partial charge in [-0.05, 0) is 47.4 Å². The van der Waals surface area contributed by atoms with Crippen LogP contribution in [0.25, 0.3) is 10.1 Å². The Morgan fingerprint density at radius 2 is 1.86 bits per heavy atom. The van der Waals surface area contributed by atoms with Crippen molar-refractivity contribution in [1.29, 1.82) is 0 Å². The number of aryl methyl sites for hydroxylation is 1. The van der Waals surface area contributed by atoms with Gasteiger partial charge in [-0.3, -0.25) is 0 Å². The van der Waals surface area contributed by atoms with Crippen LogP contribution in [0, 0.1) is 6.92 Å². The second-order valence-corrected chi connectivity index (χ2v) is 7.27. The molecule has 0 aliphatic rings. The lowest BCUT2D eigenvalue weighted by Gasteiger charge is -2.12. The highest BCUT2D eigenvalue weighted by molar-refractivity contribution is 7.99. The maximum absolute atomic E-state index is 6.34. The highest BCUT2D eigenvalue weighted by Gasteiger charge is 2.10. The number of rotatable bonds is 5. The van der Waals surface area contributed by atoms with Crippen molar-refractivity contribution in [1.82, 2.24) is 0 Å². The molecule has 1 aromatic heterocycles. The standard InChI is InChI=1S/C18H19NS2/c1-13-6-2-4-8-17(13)21-12-15(19)10-14-11-20-18-9-5-3-7-16(14)18/h2-9,11,15H,10,12,19H2,1H3. The molecule has 0 aliphatic heterocycles. The number of nitrogens with two attached hydrogens (primary N) is 1. The van der Waals surface area contributed by atoms with E-state index in [1.54, 1.807) is 0 Å². The van der Waals surface area contributed by atoms with Gasteiger partial charge in [-0.25, -0.2) is 0 Å². The SMILES string of the molecule is Cc1ccccc1SCC(N)Cc1csc2ccccc12. The molecule has 0 fully saturated rings. The van der Waals surface area contributed by atoms with Gasteiger partial charge < -0.3 is 5.73 Å². The molecule has 1 unspecified atom stereocenters. The van der Waals surface area contributed by atoms with Gasteiger partial charge in [-0.2, -0.15) is 0 Å². The molecule has 0 bridgehead atoms. The lowest BCUT2D eigenvalue weighted by atomic mass is 10.1. The zero-order valence-electron chi connectivity index (χ0n) is 12.1. The molecule has 0 saturated carbocycles. The molecule has 3 rings (SSSR count). The van der Waals surface area contributed by atoms with Crippen LogP contribution in [0.5, 0.6) is 0 Å². The molecule has 1 heterocycles. The number of benzene rings is 2. The first-order valence-electron chi connectivity index (χ1n) is 7.13. The molecule has 108 valence electrons. The molecule has 2 aromatic carbocycles. The lowest BCUT2D eigenvalue weighted by molar-refractivity contribution is 0.754. The van der Waals surface area contributed by atoms with Gasteiger partial charge in [0.15, 0.2) is 0 Å². The number of hydrogen-bond acceptors (Lipinski definition) is 3. The third kappa shape index (κ3) is 3.49. The van der Waals surface area contributed by atoms with E-state index in [2.05, 4.69) is 60.8 Å². The van der Waals surface area contributed by atoms with Crippen molar-refractivity contribution in [3.63, 3.8) is 0 Å². The minimum atomic E-state index is 0.188. The van der Waals surface area contributed by atoms with Gasteiger partial charge in [-0.1, -0.05) is 36.4 Å². The highest BCUT2D eigenvalue weighted by atomic mass is 32.2. The van der Waals surface area contributed by atoms with E-state index in [0.29, 0.717) is 0 Å². The molecule has 3 aromatic rings. The molecule has 1 nitrogen and oxygen atoms in total. The monoisotopic (exact) mass is 313 g/mol. The molecule has 0 radical (unpaired) electrons. The molecule has 3 heteroatoms. The number of hydrogen-bond donors (Lipinski definition) is 1. The quantitative estimate of drug-likeness (QED) is 0.680. The van der Waals surface area contributed by atoms with E-state index in [1.165, 1.54) is 26.1 Å². The van der Waals surface area contributed by atoms with Crippen molar-refractivity contribution in [2.75, 3.05) is 5.75 Å². The van der Waals surface area contributed by atoms with E-state index in [9.17, 15) is 0 Å². The normalized spacial score (nSPS) is 12.7. The van der Waals surface area contributed by atoms with Gasteiger partial charge in [-0.15, -0.1) is 23.1 Å². The molecule has 0 saturated heterocycles. The van der Waals surface area contributed by atoms with Crippen molar-refractivity contribution in [3.05, 3.63) is 65.0 Å². The van der Waals surface area contributed by atoms with E-state index in [1.807, 2.05) is 23.1 Å². The van der Waals surface area contributed by atoms with Crippen molar-refractivity contribution in [2.45, 2.75) is 24.3 Å². The maximum atomic E-state index is 6.34. The van der Waals surface area contributed by atoms with Gasteiger partial charge in [0.25, 0.3) is 0 Å². The summed E-state index contributed by atoms with van der Waals surface area (Å²) in [5, 5.41) is 3.61. The van der Waals surface area contributed by atoms with Crippen LogP contribution >= 0.6 is 23.1 Å². The van der Waals surface area contributed by atoms with Crippen LogP contribution in [0.3, 0.4) is 0 Å². The van der Waals surface area contributed by atoms with Crippen molar-refractivity contribution < 1.29 is 0 Å². The minimum absolute atomic E-state index is 0.188. The maximum Gasteiger partial charge on any atom is 0.0345 e. The lowest BCUT2D eigenvalue weighted by Crippen LogP contribution is -2.25. The summed E-state index contributed by atoms with van der Waals surface area (Å²) in [5.74, 6) is 0.953. The average molecular weight is 313 g/mol. The summed E-state index contributed by atoms with van der Waals surface area (Å²) in [6, 6.07) is 17.3. The summed E-state index contributed by atoms with van der Waals surface area (Å²) in [7, 11) is 0. The fourth-order valence-electron chi connectivity index (χ4n) is 2.45. The number of thioether (sulfide) groups is 1. The third-order valence-corrected chi connectivity index (χ3v) is 5.97. The summed E-state index contributed by atoms with van der Waals surface area (Å²) < 4.78 is 1.35. The van der Waals surface area contributed by atoms with Gasteiger partial charge >= 0.3 is 0 Å². The summed E-state index contributed by atoms with van der Waals surface area (Å²) in [6.45, 7) is 2.15. The summed E-state index contributed by atoms with van der Waals surface area (Å²) in [4.78, 5) is 1.34. The van der Waals surface area contributed by atoms with E-state index < -0.39 is 0 Å². The van der Waals surface area contributed by atoms with Gasteiger partial charge in [0, 0.05) is 21.4 Å². The Morgan fingerprint density at radius 1 is 1.10 bits per heavy atom. The van der Waals surface area contributed by atoms with E-state index in [0.717, 1.165) is 12.2 Å². The Hall–Kier alpha value is -1.29. The fourth-order valence-corrected chi connectivity index (χ4v) is 4.41. The van der Waals surface area contributed by atoms with Crippen LogP contribution in [0.2, 0.25) is 0 Å². The topological polar surface area (TPSA) is 26.0 Å². The molecule has 0 aliphatic carbocycles. The van der Waals surface area contributed by atoms with E-state index in [-0.39, 0.29) is 6.04 Å². The van der Waals surface area contributed by atoms with Gasteiger partial charge in [0.1, 0.15) is 0 Å². The zero-order valence-corrected chi connectivity index (χ0v) is 13.7. The van der Waals surface area contributed by atoms with E-state index >= 15 is 0 Å². The first kappa shape index (κ1) is 14.6. The third-order valence-electron chi connectivity index (χ3n) is 3.59. The van der Waals surface area contributed by atoms with Crippen molar-refractivity contribution in [2.24, 2.45) is 5.73 Å². The second kappa shape index (κ2) is 6.65. The zero-order chi connectivity index (χ0) is 14.7. The van der Waals surface area contributed by atoms with Crippen LogP contribution < -0.4 is 5.73 Å². The molecule has 1 atom stereocenters. The molecule has 21 heavy (non-hydrogen) atoms. The van der Waals surface area contributed by atoms with Gasteiger partial charge in [0.2, 0.25) is 0 Å².